The third-order valence-electron chi connectivity index (χ3n) is 3.93. The number of hydrogen-bond donors (Lipinski definition) is 1. The smallest absolute Gasteiger partial charge is 0.221 e. The number of benzene rings is 3. The van der Waals surface area contributed by atoms with Gasteiger partial charge >= 0.3 is 0 Å². The number of hydrogen-bond acceptors (Lipinski definition) is 1. The number of carbonyl (C=O) groups is 1. The molecule has 0 radical (unpaired) electrons. The molecule has 0 bridgehead atoms. The van der Waals surface area contributed by atoms with E-state index in [1.807, 2.05) is 6.07 Å². The molecule has 112 valence electrons. The second kappa shape index (κ2) is 5.13. The first-order valence-electron chi connectivity index (χ1n) is 7.60. The molecule has 0 saturated heterocycles. The fourth-order valence-corrected chi connectivity index (χ4v) is 3.15. The minimum absolute atomic E-state index is 0.0218. The van der Waals surface area contributed by atoms with Crippen molar-refractivity contribution in [2.24, 2.45) is 0 Å². The topological polar surface area (TPSA) is 29.1 Å². The Balaban J connectivity index is 2.40. The van der Waals surface area contributed by atoms with Gasteiger partial charge in [0, 0.05) is 12.6 Å². The van der Waals surface area contributed by atoms with E-state index in [9.17, 15) is 4.79 Å². The van der Waals surface area contributed by atoms with Crippen molar-refractivity contribution in [3.05, 3.63) is 54.1 Å². The highest BCUT2D eigenvalue weighted by molar-refractivity contribution is 6.05. The number of rotatable bonds is 1. The van der Waals surface area contributed by atoms with E-state index < -0.39 is 0 Å². The van der Waals surface area contributed by atoms with Crippen LogP contribution < -0.4 is 5.32 Å². The summed E-state index contributed by atoms with van der Waals surface area (Å²) >= 11 is 0. The van der Waals surface area contributed by atoms with Gasteiger partial charge in [-0.05, 0) is 50.7 Å². The van der Waals surface area contributed by atoms with Crippen LogP contribution in [0.25, 0.3) is 21.5 Å². The van der Waals surface area contributed by atoms with Crippen molar-refractivity contribution in [2.45, 2.75) is 33.1 Å². The van der Waals surface area contributed by atoms with Gasteiger partial charge < -0.3 is 5.32 Å². The van der Waals surface area contributed by atoms with Crippen molar-refractivity contribution in [2.75, 3.05) is 5.32 Å². The highest BCUT2D eigenvalue weighted by Crippen LogP contribution is 2.37. The number of nitrogens with one attached hydrogen (secondary N) is 1. The van der Waals surface area contributed by atoms with Crippen LogP contribution in [0.3, 0.4) is 0 Å². The van der Waals surface area contributed by atoms with Gasteiger partial charge in [-0.1, -0.05) is 51.1 Å². The molecule has 0 unspecified atom stereocenters. The van der Waals surface area contributed by atoms with Gasteiger partial charge in [0.1, 0.15) is 0 Å². The Labute approximate surface area is 131 Å². The Morgan fingerprint density at radius 1 is 0.909 bits per heavy atom. The van der Waals surface area contributed by atoms with Crippen molar-refractivity contribution in [1.29, 1.82) is 0 Å². The number of amides is 1. The molecule has 3 aromatic rings. The summed E-state index contributed by atoms with van der Waals surface area (Å²) in [5.74, 6) is -0.0440. The lowest BCUT2D eigenvalue weighted by Crippen LogP contribution is -2.13. The van der Waals surface area contributed by atoms with E-state index in [-0.39, 0.29) is 11.3 Å². The van der Waals surface area contributed by atoms with E-state index in [0.29, 0.717) is 0 Å². The van der Waals surface area contributed by atoms with Gasteiger partial charge in [0.2, 0.25) is 5.91 Å². The van der Waals surface area contributed by atoms with Gasteiger partial charge in [0.25, 0.3) is 0 Å². The minimum atomic E-state index is -0.0440. The quantitative estimate of drug-likeness (QED) is 0.610. The largest absolute Gasteiger partial charge is 0.326 e. The Morgan fingerprint density at radius 3 is 2.27 bits per heavy atom. The summed E-state index contributed by atoms with van der Waals surface area (Å²) in [6.45, 7) is 8.24. The molecule has 0 aliphatic heterocycles. The zero-order valence-electron chi connectivity index (χ0n) is 13.5. The first-order chi connectivity index (χ1) is 10.4. The summed E-state index contributed by atoms with van der Waals surface area (Å²) in [5.41, 5.74) is 2.20. The van der Waals surface area contributed by atoms with E-state index in [1.165, 1.54) is 34.0 Å². The van der Waals surface area contributed by atoms with Crippen molar-refractivity contribution < 1.29 is 4.79 Å². The molecular weight excluding hydrogens is 270 g/mol. The summed E-state index contributed by atoms with van der Waals surface area (Å²) < 4.78 is 0. The molecule has 0 heterocycles. The Hall–Kier alpha value is -2.35. The Morgan fingerprint density at radius 2 is 1.59 bits per heavy atom. The summed E-state index contributed by atoms with van der Waals surface area (Å²) in [4.78, 5) is 11.3. The Kier molecular flexibility index (Phi) is 3.40. The van der Waals surface area contributed by atoms with E-state index >= 15 is 0 Å². The second-order valence-electron chi connectivity index (χ2n) is 6.84. The van der Waals surface area contributed by atoms with Gasteiger partial charge in [-0.2, -0.15) is 0 Å². The lowest BCUT2D eigenvalue weighted by molar-refractivity contribution is -0.114. The molecule has 0 spiro atoms. The summed E-state index contributed by atoms with van der Waals surface area (Å²) in [7, 11) is 0. The molecule has 0 atom stereocenters. The van der Waals surface area contributed by atoms with Crippen LogP contribution in [0, 0.1) is 0 Å². The predicted molar refractivity (Wildman–Crippen MR) is 94.5 cm³/mol. The zero-order valence-corrected chi connectivity index (χ0v) is 13.5. The van der Waals surface area contributed by atoms with Crippen molar-refractivity contribution >= 4 is 33.1 Å². The predicted octanol–water partition coefficient (Wildman–Crippen LogP) is 5.25. The lowest BCUT2D eigenvalue weighted by atomic mass is 9.80. The molecule has 1 amide bonds. The maximum Gasteiger partial charge on any atom is 0.221 e. The van der Waals surface area contributed by atoms with Crippen LogP contribution in [-0.4, -0.2) is 5.91 Å². The van der Waals surface area contributed by atoms with E-state index in [2.05, 4.69) is 68.6 Å². The fraction of sp³-hybridized carbons (Fsp3) is 0.250. The van der Waals surface area contributed by atoms with Crippen LogP contribution in [0.4, 0.5) is 5.69 Å². The normalized spacial score (nSPS) is 11.8. The Bertz CT molecular complexity index is 872. The number of anilines is 1. The molecule has 0 aliphatic rings. The maximum atomic E-state index is 11.3. The fourth-order valence-electron chi connectivity index (χ4n) is 3.15. The van der Waals surface area contributed by atoms with E-state index in [0.717, 1.165) is 5.69 Å². The molecule has 0 aromatic heterocycles. The average Bonchev–Trinajstić information content (AvgIpc) is 2.42. The van der Waals surface area contributed by atoms with Gasteiger partial charge in [-0.15, -0.1) is 0 Å². The van der Waals surface area contributed by atoms with Crippen LogP contribution in [0.5, 0.6) is 0 Å². The molecule has 0 aliphatic carbocycles. The summed E-state index contributed by atoms with van der Waals surface area (Å²) in [6, 6.07) is 16.9. The van der Waals surface area contributed by atoms with Crippen LogP contribution in [0.15, 0.2) is 48.5 Å². The lowest BCUT2D eigenvalue weighted by Gasteiger charge is -2.24. The molecule has 3 aromatic carbocycles. The minimum Gasteiger partial charge on any atom is -0.326 e. The molecule has 1 N–H and O–H groups in total. The van der Waals surface area contributed by atoms with Crippen molar-refractivity contribution in [1.82, 2.24) is 0 Å². The first kappa shape index (κ1) is 14.6. The molecule has 22 heavy (non-hydrogen) atoms. The molecule has 0 fully saturated rings. The third kappa shape index (κ3) is 2.57. The van der Waals surface area contributed by atoms with Gasteiger partial charge in [-0.3, -0.25) is 4.79 Å². The maximum absolute atomic E-state index is 11.3. The highest BCUT2D eigenvalue weighted by atomic mass is 16.1. The number of fused-ring (bicyclic) bond motifs is 2. The zero-order chi connectivity index (χ0) is 15.9. The van der Waals surface area contributed by atoms with Crippen LogP contribution in [0.1, 0.15) is 33.3 Å². The van der Waals surface area contributed by atoms with Gasteiger partial charge in [0.15, 0.2) is 0 Å². The SMILES string of the molecule is CC(=O)Nc1ccc2cc3ccccc3c(C(C)(C)C)c2c1. The van der Waals surface area contributed by atoms with Gasteiger partial charge in [-0.25, -0.2) is 0 Å². The average molecular weight is 291 g/mol. The first-order valence-corrected chi connectivity index (χ1v) is 7.60. The molecule has 0 saturated carbocycles. The molecule has 2 nitrogen and oxygen atoms in total. The summed E-state index contributed by atoms with van der Waals surface area (Å²) in [6.07, 6.45) is 0. The molecule has 2 heteroatoms. The van der Waals surface area contributed by atoms with Crippen LogP contribution >= 0.6 is 0 Å². The van der Waals surface area contributed by atoms with Crippen molar-refractivity contribution in [3.63, 3.8) is 0 Å². The summed E-state index contributed by atoms with van der Waals surface area (Å²) in [5, 5.41) is 7.83. The highest BCUT2D eigenvalue weighted by Gasteiger charge is 2.20. The van der Waals surface area contributed by atoms with Crippen LogP contribution in [-0.2, 0) is 10.2 Å². The monoisotopic (exact) mass is 291 g/mol. The standard InChI is InChI=1S/C20H21NO/c1-13(22)21-16-10-9-15-11-14-7-5-6-8-17(14)19(18(15)12-16)20(2,3)4/h5-12H,1-4H3,(H,21,22). The molecule has 3 rings (SSSR count). The number of carbonyl (C=O) groups excluding carboxylic acids is 1. The van der Waals surface area contributed by atoms with E-state index in [1.54, 1.807) is 0 Å². The molecular formula is C20H21NO. The third-order valence-corrected chi connectivity index (χ3v) is 3.93. The van der Waals surface area contributed by atoms with Crippen molar-refractivity contribution in [3.8, 4) is 0 Å². The van der Waals surface area contributed by atoms with Crippen LogP contribution in [0.2, 0.25) is 0 Å². The van der Waals surface area contributed by atoms with Gasteiger partial charge in [0.05, 0.1) is 0 Å². The van der Waals surface area contributed by atoms with E-state index in [4.69, 9.17) is 0 Å². The second-order valence-corrected chi connectivity index (χ2v) is 6.84.